The number of hydrogen-bond acceptors (Lipinski definition) is 4. The van der Waals surface area contributed by atoms with Crippen LogP contribution in [0.25, 0.3) is 10.9 Å². The molecule has 0 bridgehead atoms. The van der Waals surface area contributed by atoms with Crippen molar-refractivity contribution < 1.29 is 12.8 Å². The highest BCUT2D eigenvalue weighted by molar-refractivity contribution is 7.90. The van der Waals surface area contributed by atoms with E-state index in [9.17, 15) is 12.8 Å². The van der Waals surface area contributed by atoms with E-state index < -0.39 is 15.8 Å². The third kappa shape index (κ3) is 4.27. The van der Waals surface area contributed by atoms with Crippen LogP contribution in [0.1, 0.15) is 5.56 Å². The molecule has 0 fully saturated rings. The number of benzene rings is 3. The molecule has 0 saturated heterocycles. The van der Waals surface area contributed by atoms with E-state index in [0.29, 0.717) is 28.5 Å². The highest BCUT2D eigenvalue weighted by atomic mass is 35.5. The van der Waals surface area contributed by atoms with E-state index >= 15 is 0 Å². The van der Waals surface area contributed by atoms with E-state index in [0.717, 1.165) is 10.9 Å². The van der Waals surface area contributed by atoms with Gasteiger partial charge in [-0.05, 0) is 61.1 Å². The van der Waals surface area contributed by atoms with Crippen molar-refractivity contribution in [1.29, 1.82) is 0 Å². The van der Waals surface area contributed by atoms with Gasteiger partial charge in [-0.25, -0.2) is 16.8 Å². The van der Waals surface area contributed by atoms with Crippen molar-refractivity contribution in [3.63, 3.8) is 0 Å². The van der Waals surface area contributed by atoms with Crippen LogP contribution in [0.15, 0.2) is 71.8 Å². The van der Waals surface area contributed by atoms with Crippen molar-refractivity contribution in [3.8, 4) is 0 Å². The van der Waals surface area contributed by atoms with Gasteiger partial charge >= 0.3 is 0 Å². The molecule has 1 aromatic heterocycles. The summed E-state index contributed by atoms with van der Waals surface area (Å²) in [7, 11) is -2.10. The molecule has 0 atom stereocenters. The first-order valence-electron chi connectivity index (χ1n) is 9.31. The van der Waals surface area contributed by atoms with Crippen LogP contribution in [0.4, 0.5) is 15.8 Å². The van der Waals surface area contributed by atoms with Crippen molar-refractivity contribution >= 4 is 55.5 Å². The Kier molecular flexibility index (Phi) is 5.94. The molecule has 31 heavy (non-hydrogen) atoms. The van der Waals surface area contributed by atoms with Crippen molar-refractivity contribution in [2.75, 3.05) is 12.4 Å². The van der Waals surface area contributed by atoms with E-state index in [1.807, 2.05) is 12.1 Å². The summed E-state index contributed by atoms with van der Waals surface area (Å²) in [6.07, 6.45) is 1.60. The van der Waals surface area contributed by atoms with E-state index in [4.69, 9.17) is 23.2 Å². The maximum absolute atomic E-state index is 13.4. The summed E-state index contributed by atoms with van der Waals surface area (Å²) in [6.45, 7) is 0.491. The van der Waals surface area contributed by atoms with Gasteiger partial charge < -0.3 is 10.6 Å². The molecule has 0 aliphatic heterocycles. The predicted molar refractivity (Wildman–Crippen MR) is 123 cm³/mol. The fourth-order valence-electron chi connectivity index (χ4n) is 3.36. The van der Waals surface area contributed by atoms with E-state index in [1.165, 1.54) is 34.3 Å². The molecule has 4 aromatic rings. The second-order valence-corrected chi connectivity index (χ2v) is 9.58. The van der Waals surface area contributed by atoms with Crippen LogP contribution in [0.5, 0.6) is 0 Å². The smallest absolute Gasteiger partial charge is 0.268 e. The van der Waals surface area contributed by atoms with Gasteiger partial charge in [0.2, 0.25) is 0 Å². The molecule has 0 radical (unpaired) electrons. The van der Waals surface area contributed by atoms with Gasteiger partial charge in [-0.3, -0.25) is 0 Å². The minimum Gasteiger partial charge on any atom is -0.354 e. The molecule has 0 amide bonds. The molecule has 5 nitrogen and oxygen atoms in total. The molecule has 0 aliphatic rings. The van der Waals surface area contributed by atoms with Gasteiger partial charge in [0.25, 0.3) is 10.0 Å². The zero-order valence-corrected chi connectivity index (χ0v) is 18.7. The topological polar surface area (TPSA) is 63.1 Å². The number of hydrogen-bond donors (Lipinski definition) is 2. The van der Waals surface area contributed by atoms with Gasteiger partial charge in [-0.2, -0.15) is 0 Å². The zero-order valence-electron chi connectivity index (χ0n) is 16.4. The number of nitrogens with zero attached hydrogens (tertiary/aromatic N) is 1. The lowest BCUT2D eigenvalue weighted by Crippen LogP contribution is -2.12. The number of halogens is 3. The van der Waals surface area contributed by atoms with Gasteiger partial charge in [0, 0.05) is 28.8 Å². The lowest BCUT2D eigenvalue weighted by atomic mass is 10.1. The zero-order chi connectivity index (χ0) is 22.2. The Balaban J connectivity index is 1.85. The molecular weight excluding hydrogens is 460 g/mol. The Bertz CT molecular complexity index is 1390. The van der Waals surface area contributed by atoms with Crippen molar-refractivity contribution in [1.82, 2.24) is 9.29 Å². The van der Waals surface area contributed by atoms with Crippen molar-refractivity contribution in [3.05, 3.63) is 88.3 Å². The average Bonchev–Trinajstić information content (AvgIpc) is 3.09. The third-order valence-corrected chi connectivity index (χ3v) is 7.00. The Morgan fingerprint density at radius 1 is 1.03 bits per heavy atom. The lowest BCUT2D eigenvalue weighted by molar-refractivity contribution is 0.589. The summed E-state index contributed by atoms with van der Waals surface area (Å²) in [5.74, 6) is -0.441. The molecular formula is C22H18Cl2FN3O2S. The van der Waals surface area contributed by atoms with Crippen LogP contribution in [-0.2, 0) is 16.6 Å². The van der Waals surface area contributed by atoms with Crippen LogP contribution >= 0.6 is 23.2 Å². The standard InChI is InChI=1S/C22H18Cl2FN3O2S/c1-26-12-14-13-28(31(29,30)18-4-2-3-15(23)9-18)22-11-17(6-7-19(14)22)27-21-8-5-16(25)10-20(21)24/h2-11,13,26-27H,12H2,1H3. The average molecular weight is 478 g/mol. The Morgan fingerprint density at radius 3 is 2.55 bits per heavy atom. The highest BCUT2D eigenvalue weighted by Crippen LogP contribution is 2.32. The number of nitrogens with one attached hydrogen (secondary N) is 2. The summed E-state index contributed by atoms with van der Waals surface area (Å²) < 4.78 is 41.4. The second-order valence-electron chi connectivity index (χ2n) is 6.92. The lowest BCUT2D eigenvalue weighted by Gasteiger charge is -2.11. The number of rotatable bonds is 6. The number of anilines is 2. The van der Waals surface area contributed by atoms with Crippen LogP contribution in [0, 0.1) is 5.82 Å². The van der Waals surface area contributed by atoms with Gasteiger partial charge in [0.1, 0.15) is 5.82 Å². The number of aromatic nitrogens is 1. The molecule has 9 heteroatoms. The van der Waals surface area contributed by atoms with Gasteiger partial charge in [0.15, 0.2) is 0 Å². The molecule has 0 aliphatic carbocycles. The van der Waals surface area contributed by atoms with E-state index in [2.05, 4.69) is 10.6 Å². The van der Waals surface area contributed by atoms with Crippen LogP contribution < -0.4 is 10.6 Å². The van der Waals surface area contributed by atoms with Crippen LogP contribution in [0.2, 0.25) is 10.0 Å². The normalized spacial score (nSPS) is 11.7. The highest BCUT2D eigenvalue weighted by Gasteiger charge is 2.22. The second kappa shape index (κ2) is 8.51. The number of fused-ring (bicyclic) bond motifs is 1. The van der Waals surface area contributed by atoms with E-state index in [1.54, 1.807) is 31.4 Å². The monoisotopic (exact) mass is 477 g/mol. The maximum atomic E-state index is 13.4. The maximum Gasteiger partial charge on any atom is 0.268 e. The largest absolute Gasteiger partial charge is 0.354 e. The summed E-state index contributed by atoms with van der Waals surface area (Å²) in [6, 6.07) is 15.5. The van der Waals surface area contributed by atoms with Gasteiger partial charge in [0.05, 0.1) is 21.1 Å². The summed E-state index contributed by atoms with van der Waals surface area (Å²) in [5, 5.41) is 7.52. The molecule has 0 spiro atoms. The molecule has 1 heterocycles. The Morgan fingerprint density at radius 2 is 1.84 bits per heavy atom. The fraction of sp³-hybridized carbons (Fsp3) is 0.0909. The van der Waals surface area contributed by atoms with E-state index in [-0.39, 0.29) is 9.92 Å². The fourth-order valence-corrected chi connectivity index (χ4v) is 5.26. The molecule has 0 saturated carbocycles. The molecule has 0 unspecified atom stereocenters. The Hall–Kier alpha value is -2.58. The minimum atomic E-state index is -3.89. The van der Waals surface area contributed by atoms with Crippen molar-refractivity contribution in [2.45, 2.75) is 11.4 Å². The minimum absolute atomic E-state index is 0.0906. The Labute approximate surface area is 189 Å². The van der Waals surface area contributed by atoms with Gasteiger partial charge in [-0.1, -0.05) is 35.3 Å². The SMILES string of the molecule is CNCc1cn(S(=O)(=O)c2cccc(Cl)c2)c2cc(Nc3ccc(F)cc3Cl)ccc12. The molecule has 4 rings (SSSR count). The molecule has 2 N–H and O–H groups in total. The van der Waals surface area contributed by atoms with Crippen LogP contribution in [0.3, 0.4) is 0 Å². The molecule has 160 valence electrons. The summed E-state index contributed by atoms with van der Waals surface area (Å²) >= 11 is 12.1. The van der Waals surface area contributed by atoms with Crippen LogP contribution in [-0.4, -0.2) is 19.4 Å². The quantitative estimate of drug-likeness (QED) is 0.369. The summed E-state index contributed by atoms with van der Waals surface area (Å²) in [4.78, 5) is 0.0906. The van der Waals surface area contributed by atoms with Gasteiger partial charge in [-0.15, -0.1) is 0 Å². The summed E-state index contributed by atoms with van der Waals surface area (Å²) in [5.41, 5.74) is 2.44. The first-order chi connectivity index (χ1) is 14.8. The third-order valence-electron chi connectivity index (χ3n) is 4.78. The van der Waals surface area contributed by atoms with Crippen molar-refractivity contribution in [2.24, 2.45) is 0 Å². The first-order valence-corrected chi connectivity index (χ1v) is 11.5. The molecule has 3 aromatic carbocycles. The first kappa shape index (κ1) is 21.6. The predicted octanol–water partition coefficient (Wildman–Crippen LogP) is 5.79.